The van der Waals surface area contributed by atoms with Crippen LogP contribution in [-0.2, 0) is 71.5 Å². The third-order valence-electron chi connectivity index (χ3n) is 29.8. The highest BCUT2D eigenvalue weighted by molar-refractivity contribution is 5.77. The molecule has 5 fully saturated rings. The third kappa shape index (κ3) is 36.6. The van der Waals surface area contributed by atoms with Gasteiger partial charge in [0.2, 0.25) is 5.82 Å². The van der Waals surface area contributed by atoms with Crippen LogP contribution in [0, 0.1) is 73.4 Å². The molecule has 149 heavy (non-hydrogen) atoms. The second kappa shape index (κ2) is 50.6. The van der Waals surface area contributed by atoms with Crippen LogP contribution in [0.2, 0.25) is 0 Å². The van der Waals surface area contributed by atoms with Crippen LogP contribution in [0.4, 0.5) is 127 Å². The number of aliphatic hydroxyl groups is 6. The number of hydrogen-bond acceptors (Lipinski definition) is 14. The Balaban J connectivity index is 0.000000859. The summed E-state index contributed by atoms with van der Waals surface area (Å²) in [6.07, 6.45) is -28.0. The van der Waals surface area contributed by atoms with E-state index >= 15 is 0 Å². The summed E-state index contributed by atoms with van der Waals surface area (Å²) >= 11 is 0. The van der Waals surface area contributed by atoms with Crippen molar-refractivity contribution >= 4 is 23.9 Å². The highest BCUT2D eigenvalue weighted by Crippen LogP contribution is 2.68. The van der Waals surface area contributed by atoms with Crippen LogP contribution < -0.4 is 0 Å². The van der Waals surface area contributed by atoms with Crippen molar-refractivity contribution in [2.75, 3.05) is 6.61 Å². The SMILES string of the molecule is CCC(C)(C)C(=O)OC(C)C(F)(F)F.CCC(C)(C)C(=O)OC12CC3CC(C)(CC(C)(C3)C1)C2.CCC(C)(C)C(=O)OC1CCC(C(C)(O)C(F)(F)F)CC1.CCC(C)(C)C(=O)OCC(F)(F)F.CCC(C)(C)c1cc(C(C)(O)C(F)(F)F)cc(C(C)(O)C(F)(F)F)c1.CCC(C)c1c(F)c(F)c(F)c(F)c1F.CCC(C)c1cc(C(C)(O)C(F)(F)F)cc(C(C)(O)C(F)(F)F)c1.CCC(C)c1ccc(C(C)(O)C(F)(F)F)cc1. The van der Waals surface area contributed by atoms with E-state index in [4.69, 9.17) is 9.47 Å². The maximum atomic E-state index is 13.2. The van der Waals surface area contributed by atoms with E-state index in [1.54, 1.807) is 109 Å². The number of halogens is 29. The monoisotopic (exact) mass is 2200 g/mol. The predicted octanol–water partition coefficient (Wildman–Crippen LogP) is 31.5. The zero-order valence-electron chi connectivity index (χ0n) is 90.2. The maximum Gasteiger partial charge on any atom is 0.425 e. The lowest BCUT2D eigenvalue weighted by Gasteiger charge is -2.64. The predicted molar refractivity (Wildman–Crippen MR) is 503 cm³/mol. The van der Waals surface area contributed by atoms with Crippen LogP contribution in [0.5, 0.6) is 0 Å². The van der Waals surface area contributed by atoms with Gasteiger partial charge in [-0.3, -0.25) is 19.2 Å². The van der Waals surface area contributed by atoms with Gasteiger partial charge in [-0.1, -0.05) is 152 Å². The highest BCUT2D eigenvalue weighted by Gasteiger charge is 2.64. The van der Waals surface area contributed by atoms with E-state index in [1.165, 1.54) is 38.3 Å². The summed E-state index contributed by atoms with van der Waals surface area (Å²) in [5.74, 6) is -12.1. The molecule has 0 radical (unpaired) electrons. The minimum Gasteiger partial charge on any atom is -0.462 e. The first-order valence-corrected chi connectivity index (χ1v) is 49.0. The van der Waals surface area contributed by atoms with Crippen molar-refractivity contribution in [3.8, 4) is 0 Å². The van der Waals surface area contributed by atoms with E-state index in [0.717, 1.165) is 88.6 Å². The quantitative estimate of drug-likeness (QED) is 0.0113. The van der Waals surface area contributed by atoms with Gasteiger partial charge >= 0.3 is 73.3 Å². The molecule has 4 aromatic rings. The van der Waals surface area contributed by atoms with Crippen molar-refractivity contribution < 1.29 is 196 Å². The smallest absolute Gasteiger partial charge is 0.425 e. The van der Waals surface area contributed by atoms with E-state index < -0.39 is 198 Å². The number of alkyl halides is 24. The molecule has 6 N–H and O–H groups in total. The number of carbonyl (C=O) groups is 4. The lowest BCUT2D eigenvalue weighted by Crippen LogP contribution is -2.60. The minimum absolute atomic E-state index is 0.0224. The van der Waals surface area contributed by atoms with Gasteiger partial charge < -0.3 is 49.6 Å². The van der Waals surface area contributed by atoms with Gasteiger partial charge in [-0.2, -0.15) is 105 Å². The number of rotatable bonds is 26. The van der Waals surface area contributed by atoms with Gasteiger partial charge in [-0.05, 0) is 322 Å². The number of carbonyl (C=O) groups excluding carboxylic acids is 4. The molecular formula is C106H151F29O14. The summed E-state index contributed by atoms with van der Waals surface area (Å²) in [4.78, 5) is 46.8. The van der Waals surface area contributed by atoms with Crippen LogP contribution in [0.15, 0.2) is 60.7 Å². The van der Waals surface area contributed by atoms with E-state index in [0.29, 0.717) is 108 Å². The van der Waals surface area contributed by atoms with Crippen molar-refractivity contribution in [1.82, 2.24) is 0 Å². The van der Waals surface area contributed by atoms with E-state index in [1.807, 2.05) is 34.6 Å². The molecule has 0 heterocycles. The largest absolute Gasteiger partial charge is 0.462 e. The molecule has 0 aliphatic heterocycles. The zero-order valence-corrected chi connectivity index (χ0v) is 90.2. The summed E-state index contributed by atoms with van der Waals surface area (Å²) in [5, 5.41) is 58.6. The van der Waals surface area contributed by atoms with Gasteiger partial charge in [0.1, 0.15) is 11.7 Å². The van der Waals surface area contributed by atoms with Crippen molar-refractivity contribution in [1.29, 1.82) is 0 Å². The molecule has 14 nitrogen and oxygen atoms in total. The third-order valence-corrected chi connectivity index (χ3v) is 29.8. The first-order chi connectivity index (χ1) is 66.3. The molecule has 12 unspecified atom stereocenters. The molecule has 5 aliphatic carbocycles. The number of benzene rings is 4. The summed E-state index contributed by atoms with van der Waals surface area (Å²) < 4.78 is 389. The fourth-order valence-corrected chi connectivity index (χ4v) is 16.4. The van der Waals surface area contributed by atoms with Gasteiger partial charge in [-0.25, -0.2) is 22.0 Å². The molecule has 0 aromatic heterocycles. The number of hydrogen-bond donors (Lipinski definition) is 6. The molecule has 0 amide bonds. The van der Waals surface area contributed by atoms with Crippen LogP contribution in [0.1, 0.15) is 391 Å². The first-order valence-electron chi connectivity index (χ1n) is 49.0. The number of ether oxygens (including phenoxy) is 4. The summed E-state index contributed by atoms with van der Waals surface area (Å²) in [6.45, 7) is 44.3. The Kier molecular flexibility index (Phi) is 47.3. The molecule has 9 rings (SSSR count). The summed E-state index contributed by atoms with van der Waals surface area (Å²) in [7, 11) is 0. The lowest BCUT2D eigenvalue weighted by atomic mass is 9.43. The van der Waals surface area contributed by atoms with Crippen LogP contribution in [0.3, 0.4) is 0 Å². The Morgan fingerprint density at radius 3 is 0.973 bits per heavy atom. The first kappa shape index (κ1) is 139. The zero-order chi connectivity index (χ0) is 118. The molecule has 5 saturated carbocycles. The van der Waals surface area contributed by atoms with Gasteiger partial charge in [-0.15, -0.1) is 0 Å². The maximum absolute atomic E-state index is 13.2. The van der Waals surface area contributed by atoms with Gasteiger partial charge in [0, 0.05) is 5.56 Å². The number of esters is 4. The van der Waals surface area contributed by atoms with Crippen molar-refractivity contribution in [3.63, 3.8) is 0 Å². The van der Waals surface area contributed by atoms with E-state index in [9.17, 15) is 177 Å². The average Bonchev–Trinajstić information content (AvgIpc) is 0.708. The molecule has 862 valence electrons. The fourth-order valence-electron chi connectivity index (χ4n) is 16.4. The molecular weight excluding hydrogens is 2050 g/mol. The Bertz CT molecular complexity index is 4830. The van der Waals surface area contributed by atoms with Crippen LogP contribution in [0.25, 0.3) is 0 Å². The van der Waals surface area contributed by atoms with Crippen LogP contribution in [-0.4, -0.2) is 134 Å². The topological polar surface area (TPSA) is 227 Å². The van der Waals surface area contributed by atoms with Gasteiger partial charge in [0.25, 0.3) is 0 Å². The molecule has 4 aromatic carbocycles. The Morgan fingerprint density at radius 1 is 0.356 bits per heavy atom. The van der Waals surface area contributed by atoms with Gasteiger partial charge in [0.15, 0.2) is 69.6 Å². The van der Waals surface area contributed by atoms with Crippen LogP contribution >= 0.6 is 0 Å². The summed E-state index contributed by atoms with van der Waals surface area (Å²) in [6, 6.07) is 11.2. The Morgan fingerprint density at radius 2 is 0.664 bits per heavy atom. The second-order valence-electron chi connectivity index (χ2n) is 44.7. The van der Waals surface area contributed by atoms with E-state index in [2.05, 4.69) is 30.2 Å². The van der Waals surface area contributed by atoms with Crippen molar-refractivity contribution in [3.05, 3.63) is 140 Å². The molecule has 43 heteroatoms. The Labute approximate surface area is 854 Å². The Hall–Kier alpha value is -7.51. The minimum atomic E-state index is -5.09. The molecule has 0 saturated heterocycles. The van der Waals surface area contributed by atoms with Crippen molar-refractivity contribution in [2.24, 2.45) is 44.3 Å². The molecule has 12 atom stereocenters. The second-order valence-corrected chi connectivity index (χ2v) is 44.7. The van der Waals surface area contributed by atoms with E-state index in [-0.39, 0.29) is 64.5 Å². The van der Waals surface area contributed by atoms with Gasteiger partial charge in [0.05, 0.1) is 21.7 Å². The molecule has 4 bridgehead atoms. The average molecular weight is 2200 g/mol. The molecule has 0 spiro atoms. The fraction of sp³-hybridized carbons (Fsp3) is 0.736. The lowest BCUT2D eigenvalue weighted by molar-refractivity contribution is -0.276. The standard InChI is InChI=1S/C18H30O2.C17H22F6O2.C16H20F6O2.C15H25F3O3.C13H17F3O.C10H9F5.C9H15F3O2.C8H13F3O2/c1-6-15(2,3)14(19)20-18-9-13-7-16(4,11-18)10-17(5,8-13)12-18;1-6-13(2,3)10-7-11(14(4,24)16(18,19)20)9-12(8-10)15(5,25)17(21,22)23;1-5-9(2)10-6-11(13(3,23)15(17,18)19)8-12(7-10)14(4,24)16(20,21)22;1-5-13(2,3)12(19)21-11-8-6-10(7-9-11)14(4,20)15(16,17)18;1-4-9(2)10-5-7-11(8-6-10)12(3,17)13(14,15)16;1-3-4(2)5-6(11)8(13)10(15)9(14)7(5)12;1-5-8(3,4)7(13)14-6(2)9(10,11)12;1-4-7(2,3)6(12)13-5-8(9,10)11/h13H,6-12H2,1-5H3;7-9,24-25H,6H2,1-5H3;6-9,23-24H,5H2,1-4H3;10-11,20H,5-9H2,1-4H3;5-9,17H,4H2,1-3H3;4H,3H2,1-2H3;6H,5H2,1-4H3;4-5H2,1-3H3. The van der Waals surface area contributed by atoms with Crippen molar-refractivity contribution in [2.45, 2.75) is 447 Å². The summed E-state index contributed by atoms with van der Waals surface area (Å²) in [5.41, 5.74) is -24.1. The highest BCUT2D eigenvalue weighted by atomic mass is 19.4. The normalized spacial score (nSPS) is 22.2. The molecule has 5 aliphatic rings.